The van der Waals surface area contributed by atoms with E-state index in [0.717, 1.165) is 38.1 Å². The summed E-state index contributed by atoms with van der Waals surface area (Å²) in [6.07, 6.45) is -2.58. The molecule has 1 atom stereocenters. The quantitative estimate of drug-likeness (QED) is 0.650. The molecule has 2 aliphatic heterocycles. The normalized spacial score (nSPS) is 23.0. The molecule has 0 spiro atoms. The fourth-order valence-electron chi connectivity index (χ4n) is 2.95. The van der Waals surface area contributed by atoms with Crippen LogP contribution in [-0.2, 0) is 11.0 Å². The number of nitrogens with one attached hydrogen (secondary N) is 2. The van der Waals surface area contributed by atoms with Crippen LogP contribution in [0.4, 0.5) is 13.2 Å². The zero-order valence-electron chi connectivity index (χ0n) is 11.9. The third kappa shape index (κ3) is 3.25. The van der Waals surface area contributed by atoms with Gasteiger partial charge in [-0.3, -0.25) is 4.79 Å². The van der Waals surface area contributed by atoms with E-state index >= 15 is 0 Å². The maximum atomic E-state index is 12.9. The molecule has 2 heterocycles. The number of ether oxygens (including phenoxy) is 1. The van der Waals surface area contributed by atoms with Crippen LogP contribution in [0, 0.1) is 0 Å². The Labute approximate surface area is 126 Å². The van der Waals surface area contributed by atoms with Gasteiger partial charge in [0.2, 0.25) is 0 Å². The van der Waals surface area contributed by atoms with Gasteiger partial charge in [0.05, 0.1) is 12.0 Å². The van der Waals surface area contributed by atoms with Crippen LogP contribution in [0.15, 0.2) is 18.2 Å². The molecule has 3 rings (SSSR count). The Bertz CT molecular complexity index is 568. The summed E-state index contributed by atoms with van der Waals surface area (Å²) in [4.78, 5) is 11.7. The highest BCUT2D eigenvalue weighted by Gasteiger charge is 2.35. The highest BCUT2D eigenvalue weighted by molar-refractivity contribution is 5.76. The van der Waals surface area contributed by atoms with Gasteiger partial charge in [-0.25, -0.2) is 0 Å². The van der Waals surface area contributed by atoms with Gasteiger partial charge in [0.25, 0.3) is 0 Å². The molecule has 1 aromatic rings. The number of benzene rings is 1. The highest BCUT2D eigenvalue weighted by Crippen LogP contribution is 2.38. The molecule has 1 unspecified atom stereocenters. The van der Waals surface area contributed by atoms with Crippen molar-refractivity contribution in [3.8, 4) is 5.75 Å². The van der Waals surface area contributed by atoms with Crippen molar-refractivity contribution < 1.29 is 22.7 Å². The molecular weight excluding hydrogens is 297 g/mol. The fourth-order valence-corrected chi connectivity index (χ4v) is 2.95. The zero-order chi connectivity index (χ0) is 15.7. The Hall–Kier alpha value is -1.60. The number of hydrogen-bond acceptors (Lipinski definition) is 4. The van der Waals surface area contributed by atoms with Crippen LogP contribution in [0.25, 0.3) is 0 Å². The van der Waals surface area contributed by atoms with Crippen LogP contribution < -0.4 is 15.4 Å². The van der Waals surface area contributed by atoms with Crippen LogP contribution in [0.3, 0.4) is 0 Å². The SMILES string of the molecule is O=C1CC(NC2CCNCC2)c2cc(C(F)(F)F)ccc2O1. The number of alkyl halides is 3. The Morgan fingerprint density at radius 2 is 1.95 bits per heavy atom. The van der Waals surface area contributed by atoms with E-state index in [4.69, 9.17) is 4.74 Å². The van der Waals surface area contributed by atoms with Crippen molar-refractivity contribution in [3.63, 3.8) is 0 Å². The van der Waals surface area contributed by atoms with Gasteiger partial charge in [-0.2, -0.15) is 13.2 Å². The molecule has 22 heavy (non-hydrogen) atoms. The van der Waals surface area contributed by atoms with Gasteiger partial charge in [0, 0.05) is 17.6 Å². The third-order valence-electron chi connectivity index (χ3n) is 4.08. The van der Waals surface area contributed by atoms with Gasteiger partial charge in [-0.05, 0) is 44.1 Å². The molecule has 0 amide bonds. The predicted octanol–water partition coefficient (Wildman–Crippen LogP) is 2.40. The zero-order valence-corrected chi connectivity index (χ0v) is 11.9. The van der Waals surface area contributed by atoms with Crippen molar-refractivity contribution >= 4 is 5.97 Å². The third-order valence-corrected chi connectivity index (χ3v) is 4.08. The van der Waals surface area contributed by atoms with Crippen LogP contribution in [-0.4, -0.2) is 25.1 Å². The molecule has 0 radical (unpaired) electrons. The molecule has 2 aliphatic rings. The Morgan fingerprint density at radius 1 is 1.23 bits per heavy atom. The summed E-state index contributed by atoms with van der Waals surface area (Å²) in [6.45, 7) is 1.73. The van der Waals surface area contributed by atoms with Crippen molar-refractivity contribution in [2.24, 2.45) is 0 Å². The first-order valence-corrected chi connectivity index (χ1v) is 7.32. The van der Waals surface area contributed by atoms with E-state index in [1.807, 2.05) is 0 Å². The second-order valence-corrected chi connectivity index (χ2v) is 5.67. The van der Waals surface area contributed by atoms with Gasteiger partial charge in [-0.15, -0.1) is 0 Å². The average Bonchev–Trinajstić information content (AvgIpc) is 2.46. The maximum Gasteiger partial charge on any atom is 0.416 e. The smallest absolute Gasteiger partial charge is 0.416 e. The van der Waals surface area contributed by atoms with Crippen molar-refractivity contribution in [2.45, 2.75) is 37.5 Å². The Kier molecular flexibility index (Phi) is 4.10. The Balaban J connectivity index is 1.87. The molecule has 120 valence electrons. The molecule has 1 aromatic carbocycles. The van der Waals surface area contributed by atoms with Crippen molar-refractivity contribution in [1.82, 2.24) is 10.6 Å². The number of hydrogen-bond donors (Lipinski definition) is 2. The summed E-state index contributed by atoms with van der Waals surface area (Å²) in [5, 5.41) is 6.54. The summed E-state index contributed by atoms with van der Waals surface area (Å²) in [5.41, 5.74) is -0.311. The molecule has 0 bridgehead atoms. The largest absolute Gasteiger partial charge is 0.426 e. The van der Waals surface area contributed by atoms with Gasteiger partial charge in [-0.1, -0.05) is 0 Å². The van der Waals surface area contributed by atoms with E-state index in [-0.39, 0.29) is 18.2 Å². The first kappa shape index (κ1) is 15.3. The minimum atomic E-state index is -4.41. The molecule has 4 nitrogen and oxygen atoms in total. The summed E-state index contributed by atoms with van der Waals surface area (Å²) in [7, 11) is 0. The maximum absolute atomic E-state index is 12.9. The van der Waals surface area contributed by atoms with Gasteiger partial charge in [0.1, 0.15) is 5.75 Å². The number of fused-ring (bicyclic) bond motifs is 1. The van der Waals surface area contributed by atoms with E-state index in [2.05, 4.69) is 10.6 Å². The summed E-state index contributed by atoms with van der Waals surface area (Å²) >= 11 is 0. The topological polar surface area (TPSA) is 50.4 Å². The van der Waals surface area contributed by atoms with Crippen LogP contribution >= 0.6 is 0 Å². The molecule has 0 aliphatic carbocycles. The lowest BCUT2D eigenvalue weighted by molar-refractivity contribution is -0.137. The molecule has 1 saturated heterocycles. The van der Waals surface area contributed by atoms with E-state index in [0.29, 0.717) is 5.56 Å². The second kappa shape index (κ2) is 5.89. The van der Waals surface area contributed by atoms with Gasteiger partial charge >= 0.3 is 12.1 Å². The number of carbonyl (C=O) groups excluding carboxylic acids is 1. The average molecular weight is 314 g/mol. The van der Waals surface area contributed by atoms with Crippen molar-refractivity contribution in [2.75, 3.05) is 13.1 Å². The number of halogens is 3. The van der Waals surface area contributed by atoms with E-state index in [9.17, 15) is 18.0 Å². The van der Waals surface area contributed by atoms with E-state index in [1.54, 1.807) is 0 Å². The molecular formula is C15H17F3N2O2. The highest BCUT2D eigenvalue weighted by atomic mass is 19.4. The number of rotatable bonds is 2. The molecule has 1 fully saturated rings. The lowest BCUT2D eigenvalue weighted by Crippen LogP contribution is -2.43. The summed E-state index contributed by atoms with van der Waals surface area (Å²) < 4.78 is 43.7. The fraction of sp³-hybridized carbons (Fsp3) is 0.533. The second-order valence-electron chi connectivity index (χ2n) is 5.67. The molecule has 0 aromatic heterocycles. The molecule has 0 saturated carbocycles. The lowest BCUT2D eigenvalue weighted by atomic mass is 9.95. The summed E-state index contributed by atoms with van der Waals surface area (Å²) in [6, 6.07) is 3.02. The van der Waals surface area contributed by atoms with E-state index < -0.39 is 23.8 Å². The van der Waals surface area contributed by atoms with Crippen LogP contribution in [0.2, 0.25) is 0 Å². The minimum absolute atomic E-state index is 0.0538. The number of esters is 1. The monoisotopic (exact) mass is 314 g/mol. The van der Waals surface area contributed by atoms with Gasteiger partial charge < -0.3 is 15.4 Å². The van der Waals surface area contributed by atoms with Crippen LogP contribution in [0.5, 0.6) is 5.75 Å². The van der Waals surface area contributed by atoms with Crippen LogP contribution in [0.1, 0.15) is 36.4 Å². The standard InChI is InChI=1S/C15H17F3N2O2/c16-15(17,18)9-1-2-13-11(7-9)12(8-14(21)22-13)20-10-3-5-19-6-4-10/h1-2,7,10,12,19-20H,3-6,8H2. The lowest BCUT2D eigenvalue weighted by Gasteiger charge is -2.32. The van der Waals surface area contributed by atoms with Gasteiger partial charge in [0.15, 0.2) is 0 Å². The van der Waals surface area contributed by atoms with Crippen molar-refractivity contribution in [3.05, 3.63) is 29.3 Å². The predicted molar refractivity (Wildman–Crippen MR) is 73.5 cm³/mol. The molecule has 2 N–H and O–H groups in total. The first-order valence-electron chi connectivity index (χ1n) is 7.32. The minimum Gasteiger partial charge on any atom is -0.426 e. The Morgan fingerprint density at radius 3 is 2.64 bits per heavy atom. The molecule has 7 heteroatoms. The first-order chi connectivity index (χ1) is 10.4. The number of piperidine rings is 1. The van der Waals surface area contributed by atoms with Crippen molar-refractivity contribution in [1.29, 1.82) is 0 Å². The number of carbonyl (C=O) groups is 1. The van der Waals surface area contributed by atoms with E-state index in [1.165, 1.54) is 6.07 Å². The summed E-state index contributed by atoms with van der Waals surface area (Å²) in [5.74, 6) is -0.200.